The first-order chi connectivity index (χ1) is 13.0. The van der Waals surface area contributed by atoms with Crippen molar-refractivity contribution in [3.8, 4) is 11.5 Å². The molecule has 0 spiro atoms. The first kappa shape index (κ1) is 16.8. The van der Waals surface area contributed by atoms with Crippen molar-refractivity contribution in [2.75, 3.05) is 7.11 Å². The van der Waals surface area contributed by atoms with Gasteiger partial charge in [-0.1, -0.05) is 30.3 Å². The third kappa shape index (κ3) is 2.53. The van der Waals surface area contributed by atoms with Gasteiger partial charge in [0, 0.05) is 10.5 Å². The minimum Gasteiger partial charge on any atom is -0.496 e. The molecule has 2 aromatic carbocycles. The molecule has 2 heterocycles. The molecule has 1 aromatic heterocycles. The third-order valence-corrected chi connectivity index (χ3v) is 4.61. The van der Waals surface area contributed by atoms with Crippen LogP contribution in [0.1, 0.15) is 17.0 Å². The zero-order valence-electron chi connectivity index (χ0n) is 14.2. The first-order valence-corrected chi connectivity index (χ1v) is 8.11. The third-order valence-electron chi connectivity index (χ3n) is 4.61. The van der Waals surface area contributed by atoms with Crippen LogP contribution in [-0.4, -0.2) is 24.0 Å². The summed E-state index contributed by atoms with van der Waals surface area (Å²) in [4.78, 5) is 23.9. The lowest BCUT2D eigenvalue weighted by Gasteiger charge is -2.29. The van der Waals surface area contributed by atoms with Gasteiger partial charge >= 0.3 is 5.63 Å². The highest BCUT2D eigenvalue weighted by atomic mass is 16.6. The number of fused-ring (bicyclic) bond motifs is 3. The van der Waals surface area contributed by atoms with E-state index in [1.54, 1.807) is 48.5 Å². The maximum Gasteiger partial charge on any atom is 0.344 e. The molecule has 1 aliphatic heterocycles. The van der Waals surface area contributed by atoms with Crippen LogP contribution in [-0.2, 0) is 0 Å². The van der Waals surface area contributed by atoms with Crippen LogP contribution in [0, 0.1) is 15.5 Å². The van der Waals surface area contributed by atoms with Gasteiger partial charge in [-0.2, -0.15) is 0 Å². The molecule has 0 amide bonds. The van der Waals surface area contributed by atoms with E-state index in [2.05, 4.69) is 0 Å². The summed E-state index contributed by atoms with van der Waals surface area (Å²) >= 11 is 0. The van der Waals surface area contributed by atoms with Crippen LogP contribution >= 0.6 is 0 Å². The number of nitrogens with one attached hydrogen (secondary N) is 1. The van der Waals surface area contributed by atoms with Crippen molar-refractivity contribution in [3.63, 3.8) is 0 Å². The molecule has 4 rings (SSSR count). The molecule has 0 aliphatic carbocycles. The maximum atomic E-state index is 12.8. The van der Waals surface area contributed by atoms with Crippen LogP contribution in [0.4, 0.5) is 0 Å². The second kappa shape index (κ2) is 6.24. The smallest absolute Gasteiger partial charge is 0.344 e. The molecule has 1 N–H and O–H groups in total. The van der Waals surface area contributed by atoms with E-state index in [1.807, 2.05) is 0 Å². The van der Waals surface area contributed by atoms with Crippen molar-refractivity contribution in [2.24, 2.45) is 0 Å². The van der Waals surface area contributed by atoms with Crippen molar-refractivity contribution in [2.45, 2.75) is 12.0 Å². The summed E-state index contributed by atoms with van der Waals surface area (Å²) in [6, 6.07) is 11.8. The van der Waals surface area contributed by atoms with Gasteiger partial charge in [0.15, 0.2) is 5.75 Å². The van der Waals surface area contributed by atoms with E-state index in [0.717, 1.165) is 0 Å². The second-order valence-corrected chi connectivity index (χ2v) is 6.04. The molecule has 8 nitrogen and oxygen atoms in total. The Balaban J connectivity index is 2.10. The van der Waals surface area contributed by atoms with E-state index < -0.39 is 28.4 Å². The molecule has 136 valence electrons. The maximum absolute atomic E-state index is 12.8. The summed E-state index contributed by atoms with van der Waals surface area (Å²) in [7, 11) is 1.44. The minimum absolute atomic E-state index is 0.0101. The second-order valence-electron chi connectivity index (χ2n) is 6.04. The number of para-hydroxylation sites is 2. The molecule has 27 heavy (non-hydrogen) atoms. The Hall–Kier alpha value is -3.68. The largest absolute Gasteiger partial charge is 0.496 e. The quantitative estimate of drug-likeness (QED) is 0.433. The van der Waals surface area contributed by atoms with Crippen LogP contribution < -0.4 is 15.1 Å². The highest BCUT2D eigenvalue weighted by Gasteiger charge is 2.48. The lowest BCUT2D eigenvalue weighted by Crippen LogP contribution is -2.44. The average Bonchev–Trinajstić information content (AvgIpc) is 2.66. The normalized spacial score (nSPS) is 18.6. The van der Waals surface area contributed by atoms with Crippen LogP contribution in [0.15, 0.2) is 57.7 Å². The number of hydrogen-bond donors (Lipinski definition) is 1. The minimum atomic E-state index is -1.57. The molecule has 0 radical (unpaired) electrons. The molecule has 3 aromatic rings. The van der Waals surface area contributed by atoms with E-state index in [-0.39, 0.29) is 16.9 Å². The standard InChI is InChI=1S/C19H14N2O6/c1-25-12-8-4-2-6-10(12)14-15-17(27-18(20)16(14)21(23)24)11-7-3-5-9-13(11)26-19(15)22/h2-9,14,16,20H,1H3. The number of ether oxygens (including phenoxy) is 2. The number of nitro groups is 1. The summed E-state index contributed by atoms with van der Waals surface area (Å²) in [5.41, 5.74) is -0.0270. The Kier molecular flexibility index (Phi) is 3.88. The van der Waals surface area contributed by atoms with Crippen LogP contribution in [0.25, 0.3) is 11.0 Å². The van der Waals surface area contributed by atoms with Gasteiger partial charge in [-0.25, -0.2) is 4.79 Å². The van der Waals surface area contributed by atoms with Crippen molar-refractivity contribution in [1.29, 1.82) is 5.41 Å². The molecule has 0 saturated carbocycles. The van der Waals surface area contributed by atoms with E-state index >= 15 is 0 Å². The number of methoxy groups -OCH3 is 1. The highest BCUT2D eigenvalue weighted by Crippen LogP contribution is 2.44. The van der Waals surface area contributed by atoms with Gasteiger partial charge in [0.1, 0.15) is 17.3 Å². The summed E-state index contributed by atoms with van der Waals surface area (Å²) < 4.78 is 16.2. The van der Waals surface area contributed by atoms with Crippen LogP contribution in [0.2, 0.25) is 0 Å². The Morgan fingerprint density at radius 3 is 2.59 bits per heavy atom. The van der Waals surface area contributed by atoms with E-state index in [9.17, 15) is 14.9 Å². The van der Waals surface area contributed by atoms with Crippen molar-refractivity contribution in [3.05, 3.63) is 80.2 Å². The Morgan fingerprint density at radius 1 is 1.15 bits per heavy atom. The molecule has 2 atom stereocenters. The van der Waals surface area contributed by atoms with Gasteiger partial charge in [-0.15, -0.1) is 0 Å². The Bertz CT molecular complexity index is 1140. The summed E-state index contributed by atoms with van der Waals surface area (Å²) in [6.45, 7) is 0. The predicted molar refractivity (Wildman–Crippen MR) is 96.5 cm³/mol. The highest BCUT2D eigenvalue weighted by molar-refractivity contribution is 5.93. The molecule has 0 bridgehead atoms. The van der Waals surface area contributed by atoms with Gasteiger partial charge in [0.2, 0.25) is 0 Å². The molecular formula is C19H14N2O6. The monoisotopic (exact) mass is 366 g/mol. The first-order valence-electron chi connectivity index (χ1n) is 8.11. The molecular weight excluding hydrogens is 352 g/mol. The summed E-state index contributed by atoms with van der Waals surface area (Å²) in [5.74, 6) is -1.13. The molecule has 8 heteroatoms. The van der Waals surface area contributed by atoms with Gasteiger partial charge in [0.25, 0.3) is 11.9 Å². The molecule has 0 fully saturated rings. The average molecular weight is 366 g/mol. The molecule has 1 aliphatic rings. The van der Waals surface area contributed by atoms with Crippen molar-refractivity contribution in [1.82, 2.24) is 0 Å². The zero-order chi connectivity index (χ0) is 19.1. The van der Waals surface area contributed by atoms with E-state index in [4.69, 9.17) is 19.3 Å². The van der Waals surface area contributed by atoms with Crippen LogP contribution in [0.5, 0.6) is 11.5 Å². The van der Waals surface area contributed by atoms with E-state index in [0.29, 0.717) is 16.7 Å². The molecule has 0 saturated heterocycles. The lowest BCUT2D eigenvalue weighted by atomic mass is 9.82. The fraction of sp³-hybridized carbons (Fsp3) is 0.158. The molecule has 2 unspecified atom stereocenters. The van der Waals surface area contributed by atoms with Crippen molar-refractivity contribution < 1.29 is 18.8 Å². The predicted octanol–water partition coefficient (Wildman–Crippen LogP) is 2.95. The summed E-state index contributed by atoms with van der Waals surface area (Å²) in [6.07, 6.45) is 0. The van der Waals surface area contributed by atoms with Gasteiger partial charge < -0.3 is 13.9 Å². The number of nitrogens with zero attached hydrogens (tertiary/aromatic N) is 1. The lowest BCUT2D eigenvalue weighted by molar-refractivity contribution is -0.508. The van der Waals surface area contributed by atoms with E-state index in [1.165, 1.54) is 7.11 Å². The van der Waals surface area contributed by atoms with Crippen LogP contribution in [0.3, 0.4) is 0 Å². The SMILES string of the molecule is COc1ccccc1C1c2c(c3ccccc3oc2=O)OC(=N)C1[N+](=O)[O-]. The van der Waals surface area contributed by atoms with Crippen molar-refractivity contribution >= 4 is 16.9 Å². The number of hydrogen-bond acceptors (Lipinski definition) is 7. The topological polar surface area (TPSA) is 116 Å². The number of benzene rings is 2. The zero-order valence-corrected chi connectivity index (χ0v) is 14.2. The van der Waals surface area contributed by atoms with Gasteiger partial charge in [-0.05, 0) is 18.2 Å². The van der Waals surface area contributed by atoms with Gasteiger partial charge in [-0.3, -0.25) is 15.5 Å². The number of rotatable bonds is 3. The van der Waals surface area contributed by atoms with Gasteiger partial charge in [0.05, 0.1) is 18.1 Å². The Morgan fingerprint density at radius 2 is 1.85 bits per heavy atom. The Labute approximate surface area is 152 Å². The summed E-state index contributed by atoms with van der Waals surface area (Å²) in [5, 5.41) is 20.3. The fourth-order valence-corrected chi connectivity index (χ4v) is 3.46. The fourth-order valence-electron chi connectivity index (χ4n) is 3.46.